The fourth-order valence-corrected chi connectivity index (χ4v) is 2.87. The minimum absolute atomic E-state index is 0.440. The normalized spacial score (nSPS) is 16.0. The molecule has 1 atom stereocenters. The first-order valence-electron chi connectivity index (χ1n) is 6.90. The summed E-state index contributed by atoms with van der Waals surface area (Å²) >= 11 is 0. The summed E-state index contributed by atoms with van der Waals surface area (Å²) in [6, 6.07) is 16.7. The number of hydrogen-bond donors (Lipinski definition) is 1. The Morgan fingerprint density at radius 2 is 1.68 bits per heavy atom. The predicted molar refractivity (Wildman–Crippen MR) is 78.8 cm³/mol. The number of aliphatic hydroxyl groups excluding tert-OH is 1. The number of para-hydroxylation sites is 2. The smallest absolute Gasteiger partial charge is 0.0782 e. The summed E-state index contributed by atoms with van der Waals surface area (Å²) in [5.74, 6) is 0. The molecule has 19 heavy (non-hydrogen) atoms. The van der Waals surface area contributed by atoms with E-state index in [1.807, 2.05) is 25.1 Å². The number of aliphatic hydroxyl groups is 1. The standard InChI is InChI=1S/C17H19NO/c1-13(19)15-9-3-5-11-17(15)18-12-6-8-14-7-2-4-10-16(14)18/h2-5,7,9-11,13,19H,6,8,12H2,1H3/t13-/m0/s1. The molecular weight excluding hydrogens is 234 g/mol. The second-order valence-corrected chi connectivity index (χ2v) is 5.12. The summed E-state index contributed by atoms with van der Waals surface area (Å²) in [5.41, 5.74) is 4.81. The maximum Gasteiger partial charge on any atom is 0.0782 e. The average Bonchev–Trinajstić information content (AvgIpc) is 2.46. The highest BCUT2D eigenvalue weighted by atomic mass is 16.3. The van der Waals surface area contributed by atoms with Crippen molar-refractivity contribution in [3.63, 3.8) is 0 Å². The van der Waals surface area contributed by atoms with Gasteiger partial charge in [0.1, 0.15) is 0 Å². The van der Waals surface area contributed by atoms with Gasteiger partial charge in [-0.2, -0.15) is 0 Å². The van der Waals surface area contributed by atoms with E-state index in [0.717, 1.165) is 30.6 Å². The first-order chi connectivity index (χ1) is 9.27. The summed E-state index contributed by atoms with van der Waals surface area (Å²) in [5, 5.41) is 9.96. The topological polar surface area (TPSA) is 23.5 Å². The van der Waals surface area contributed by atoms with E-state index in [4.69, 9.17) is 0 Å². The summed E-state index contributed by atoms with van der Waals surface area (Å²) in [7, 11) is 0. The molecule has 3 rings (SSSR count). The molecule has 2 aromatic rings. The molecule has 1 N–H and O–H groups in total. The Labute approximate surface area is 114 Å². The van der Waals surface area contributed by atoms with Crippen LogP contribution in [-0.4, -0.2) is 11.7 Å². The van der Waals surface area contributed by atoms with Crippen LogP contribution in [0.1, 0.15) is 30.6 Å². The lowest BCUT2D eigenvalue weighted by atomic mass is 9.99. The second kappa shape index (κ2) is 5.06. The Kier molecular flexibility index (Phi) is 3.26. The van der Waals surface area contributed by atoms with Crippen molar-refractivity contribution in [3.8, 4) is 0 Å². The van der Waals surface area contributed by atoms with Crippen molar-refractivity contribution in [2.24, 2.45) is 0 Å². The van der Waals surface area contributed by atoms with Crippen LogP contribution in [0.4, 0.5) is 11.4 Å². The SMILES string of the molecule is C[C@H](O)c1ccccc1N1CCCc2ccccc21. The van der Waals surface area contributed by atoms with Crippen molar-refractivity contribution >= 4 is 11.4 Å². The van der Waals surface area contributed by atoms with Crippen LogP contribution in [0.5, 0.6) is 0 Å². The summed E-state index contributed by atoms with van der Waals surface area (Å²) in [6.45, 7) is 2.84. The largest absolute Gasteiger partial charge is 0.389 e. The van der Waals surface area contributed by atoms with Gasteiger partial charge in [0.05, 0.1) is 6.10 Å². The maximum atomic E-state index is 9.96. The van der Waals surface area contributed by atoms with Crippen LogP contribution in [-0.2, 0) is 6.42 Å². The fourth-order valence-electron chi connectivity index (χ4n) is 2.87. The molecule has 0 radical (unpaired) electrons. The molecule has 1 heterocycles. The van der Waals surface area contributed by atoms with Gasteiger partial charge in [-0.15, -0.1) is 0 Å². The minimum atomic E-state index is -0.440. The molecule has 98 valence electrons. The van der Waals surface area contributed by atoms with E-state index in [-0.39, 0.29) is 0 Å². The third-order valence-electron chi connectivity index (χ3n) is 3.79. The Bertz CT molecular complexity index is 577. The Morgan fingerprint density at radius 1 is 1.00 bits per heavy atom. The number of nitrogens with zero attached hydrogens (tertiary/aromatic N) is 1. The molecule has 2 heteroatoms. The molecule has 0 aliphatic carbocycles. The molecule has 2 nitrogen and oxygen atoms in total. The van der Waals surface area contributed by atoms with Gasteiger partial charge in [-0.3, -0.25) is 0 Å². The zero-order chi connectivity index (χ0) is 13.2. The predicted octanol–water partition coefficient (Wildman–Crippen LogP) is 3.82. The van der Waals surface area contributed by atoms with E-state index in [0.29, 0.717) is 0 Å². The van der Waals surface area contributed by atoms with E-state index in [1.54, 1.807) is 0 Å². The highest BCUT2D eigenvalue weighted by molar-refractivity contribution is 5.70. The summed E-state index contributed by atoms with van der Waals surface area (Å²) in [4.78, 5) is 2.33. The molecule has 2 aromatic carbocycles. The van der Waals surface area contributed by atoms with Gasteiger partial charge in [-0.25, -0.2) is 0 Å². The van der Waals surface area contributed by atoms with Crippen molar-refractivity contribution in [3.05, 3.63) is 59.7 Å². The van der Waals surface area contributed by atoms with Gasteiger partial charge in [-0.1, -0.05) is 36.4 Å². The van der Waals surface area contributed by atoms with Gasteiger partial charge < -0.3 is 10.0 Å². The molecule has 0 amide bonds. The zero-order valence-electron chi connectivity index (χ0n) is 11.2. The van der Waals surface area contributed by atoms with E-state index in [1.165, 1.54) is 11.3 Å². The first kappa shape index (κ1) is 12.2. The van der Waals surface area contributed by atoms with Crippen molar-refractivity contribution in [2.75, 3.05) is 11.4 Å². The van der Waals surface area contributed by atoms with Crippen LogP contribution in [0.2, 0.25) is 0 Å². The average molecular weight is 253 g/mol. The fraction of sp³-hybridized carbons (Fsp3) is 0.294. The van der Waals surface area contributed by atoms with Crippen molar-refractivity contribution in [1.82, 2.24) is 0 Å². The molecule has 1 aliphatic heterocycles. The molecule has 0 spiro atoms. The van der Waals surface area contributed by atoms with Gasteiger partial charge in [0, 0.05) is 23.5 Å². The van der Waals surface area contributed by atoms with Crippen LogP contribution in [0, 0.1) is 0 Å². The lowest BCUT2D eigenvalue weighted by Crippen LogP contribution is -2.25. The van der Waals surface area contributed by atoms with Crippen LogP contribution < -0.4 is 4.90 Å². The van der Waals surface area contributed by atoms with Gasteiger partial charge in [-0.05, 0) is 37.5 Å². The molecule has 0 unspecified atom stereocenters. The van der Waals surface area contributed by atoms with Crippen molar-refractivity contribution in [2.45, 2.75) is 25.9 Å². The monoisotopic (exact) mass is 253 g/mol. The number of hydrogen-bond acceptors (Lipinski definition) is 2. The molecule has 0 bridgehead atoms. The Hall–Kier alpha value is -1.80. The molecule has 0 fully saturated rings. The van der Waals surface area contributed by atoms with Crippen LogP contribution in [0.25, 0.3) is 0 Å². The van der Waals surface area contributed by atoms with Gasteiger partial charge in [0.15, 0.2) is 0 Å². The van der Waals surface area contributed by atoms with E-state index < -0.39 is 6.10 Å². The van der Waals surface area contributed by atoms with Gasteiger partial charge >= 0.3 is 0 Å². The quantitative estimate of drug-likeness (QED) is 0.879. The molecular formula is C17H19NO. The molecule has 0 saturated carbocycles. The van der Waals surface area contributed by atoms with Crippen molar-refractivity contribution < 1.29 is 5.11 Å². The van der Waals surface area contributed by atoms with E-state index in [9.17, 15) is 5.11 Å². The third-order valence-corrected chi connectivity index (χ3v) is 3.79. The number of rotatable bonds is 2. The summed E-state index contributed by atoms with van der Waals surface area (Å²) < 4.78 is 0. The second-order valence-electron chi connectivity index (χ2n) is 5.12. The van der Waals surface area contributed by atoms with E-state index >= 15 is 0 Å². The number of anilines is 2. The van der Waals surface area contributed by atoms with E-state index in [2.05, 4.69) is 35.2 Å². The van der Waals surface area contributed by atoms with Crippen LogP contribution >= 0.6 is 0 Å². The van der Waals surface area contributed by atoms with Crippen molar-refractivity contribution in [1.29, 1.82) is 0 Å². The minimum Gasteiger partial charge on any atom is -0.389 e. The van der Waals surface area contributed by atoms with Gasteiger partial charge in [0.25, 0.3) is 0 Å². The van der Waals surface area contributed by atoms with Crippen LogP contribution in [0.15, 0.2) is 48.5 Å². The Balaban J connectivity index is 2.09. The highest BCUT2D eigenvalue weighted by Crippen LogP contribution is 2.36. The first-order valence-corrected chi connectivity index (χ1v) is 6.90. The number of benzene rings is 2. The van der Waals surface area contributed by atoms with Gasteiger partial charge in [0.2, 0.25) is 0 Å². The Morgan fingerprint density at radius 3 is 2.47 bits per heavy atom. The lowest BCUT2D eigenvalue weighted by molar-refractivity contribution is 0.199. The maximum absolute atomic E-state index is 9.96. The molecule has 1 aliphatic rings. The molecule has 0 saturated heterocycles. The number of fused-ring (bicyclic) bond motifs is 1. The highest BCUT2D eigenvalue weighted by Gasteiger charge is 2.20. The van der Waals surface area contributed by atoms with Crippen LogP contribution in [0.3, 0.4) is 0 Å². The molecule has 0 aromatic heterocycles. The zero-order valence-corrected chi connectivity index (χ0v) is 11.2. The summed E-state index contributed by atoms with van der Waals surface area (Å²) in [6.07, 6.45) is 1.86. The third kappa shape index (κ3) is 2.24. The number of aryl methyl sites for hydroxylation is 1. The lowest BCUT2D eigenvalue weighted by Gasteiger charge is -2.33.